The minimum Gasteiger partial charge on any atom is -0.396 e. The van der Waals surface area contributed by atoms with Crippen molar-refractivity contribution in [3.63, 3.8) is 0 Å². The van der Waals surface area contributed by atoms with Crippen LogP contribution in [0.15, 0.2) is 0 Å². The SMILES string of the molecule is CC(=O)C(CCO)CCC(C)O. The largest absolute Gasteiger partial charge is 0.396 e. The van der Waals surface area contributed by atoms with Gasteiger partial charge in [0.2, 0.25) is 0 Å². The second-order valence-corrected chi connectivity index (χ2v) is 3.25. The number of hydrogen-bond acceptors (Lipinski definition) is 3. The predicted octanol–water partition coefficient (Wildman–Crippen LogP) is 0.735. The highest BCUT2D eigenvalue weighted by atomic mass is 16.3. The summed E-state index contributed by atoms with van der Waals surface area (Å²) in [5, 5.41) is 17.6. The molecular formula is C9H18O3. The smallest absolute Gasteiger partial charge is 0.132 e. The molecule has 3 nitrogen and oxygen atoms in total. The van der Waals surface area contributed by atoms with E-state index in [-0.39, 0.29) is 24.4 Å². The third-order valence-corrected chi connectivity index (χ3v) is 1.99. The van der Waals surface area contributed by atoms with Crippen LogP contribution in [0.3, 0.4) is 0 Å². The molecule has 2 N–H and O–H groups in total. The molecule has 0 fully saturated rings. The van der Waals surface area contributed by atoms with Crippen LogP contribution in [0.25, 0.3) is 0 Å². The summed E-state index contributed by atoms with van der Waals surface area (Å²) >= 11 is 0. The molecule has 0 aliphatic heterocycles. The highest BCUT2D eigenvalue weighted by Gasteiger charge is 2.13. The second-order valence-electron chi connectivity index (χ2n) is 3.25. The fraction of sp³-hybridized carbons (Fsp3) is 0.889. The Bertz CT molecular complexity index is 132. The van der Waals surface area contributed by atoms with Gasteiger partial charge in [0, 0.05) is 12.5 Å². The van der Waals surface area contributed by atoms with Crippen molar-refractivity contribution < 1.29 is 15.0 Å². The maximum absolute atomic E-state index is 11.0. The Morgan fingerprint density at radius 3 is 2.25 bits per heavy atom. The molecule has 0 aromatic carbocycles. The molecule has 0 amide bonds. The fourth-order valence-corrected chi connectivity index (χ4v) is 1.15. The van der Waals surface area contributed by atoms with Crippen LogP contribution >= 0.6 is 0 Å². The Hall–Kier alpha value is -0.410. The first-order valence-corrected chi connectivity index (χ1v) is 4.37. The van der Waals surface area contributed by atoms with Crippen molar-refractivity contribution in [1.29, 1.82) is 0 Å². The number of carbonyl (C=O) groups excluding carboxylic acids is 1. The highest BCUT2D eigenvalue weighted by molar-refractivity contribution is 5.78. The van der Waals surface area contributed by atoms with E-state index in [2.05, 4.69) is 0 Å². The number of hydrogen-bond donors (Lipinski definition) is 2. The highest BCUT2D eigenvalue weighted by Crippen LogP contribution is 2.13. The predicted molar refractivity (Wildman–Crippen MR) is 46.8 cm³/mol. The minimum atomic E-state index is -0.356. The number of aliphatic hydroxyl groups is 2. The molecule has 12 heavy (non-hydrogen) atoms. The summed E-state index contributed by atoms with van der Waals surface area (Å²) < 4.78 is 0. The van der Waals surface area contributed by atoms with E-state index in [1.807, 2.05) is 0 Å². The van der Waals surface area contributed by atoms with Gasteiger partial charge in [-0.05, 0) is 33.1 Å². The van der Waals surface area contributed by atoms with Gasteiger partial charge in [-0.2, -0.15) is 0 Å². The Morgan fingerprint density at radius 2 is 1.92 bits per heavy atom. The van der Waals surface area contributed by atoms with Gasteiger partial charge in [0.15, 0.2) is 0 Å². The van der Waals surface area contributed by atoms with Crippen LogP contribution in [0.2, 0.25) is 0 Å². The van der Waals surface area contributed by atoms with Crippen LogP contribution in [-0.2, 0) is 4.79 Å². The first kappa shape index (κ1) is 11.6. The third kappa shape index (κ3) is 5.27. The van der Waals surface area contributed by atoms with Gasteiger partial charge in [-0.3, -0.25) is 4.79 Å². The average molecular weight is 174 g/mol. The van der Waals surface area contributed by atoms with E-state index in [1.165, 1.54) is 6.92 Å². The minimum absolute atomic E-state index is 0.0457. The lowest BCUT2D eigenvalue weighted by molar-refractivity contribution is -0.121. The van der Waals surface area contributed by atoms with Gasteiger partial charge in [0.1, 0.15) is 5.78 Å². The average Bonchev–Trinajstić information content (AvgIpc) is 1.96. The van der Waals surface area contributed by atoms with Crippen LogP contribution in [0.5, 0.6) is 0 Å². The summed E-state index contributed by atoms with van der Waals surface area (Å²) in [5.74, 6) is 0.0225. The maximum atomic E-state index is 11.0. The van der Waals surface area contributed by atoms with Crippen molar-refractivity contribution in [2.45, 2.75) is 39.2 Å². The second kappa shape index (κ2) is 6.14. The fourth-order valence-electron chi connectivity index (χ4n) is 1.15. The van der Waals surface area contributed by atoms with Crippen molar-refractivity contribution in [3.8, 4) is 0 Å². The standard InChI is InChI=1S/C9H18O3/c1-7(11)3-4-9(5-6-10)8(2)12/h7,9-11H,3-6H2,1-2H3. The van der Waals surface area contributed by atoms with E-state index in [0.717, 1.165) is 0 Å². The van der Waals surface area contributed by atoms with Gasteiger partial charge >= 0.3 is 0 Å². The van der Waals surface area contributed by atoms with Gasteiger partial charge in [-0.25, -0.2) is 0 Å². The number of Topliss-reactive ketones (excluding diaryl/α,β-unsaturated/α-hetero) is 1. The molecule has 3 heteroatoms. The number of aliphatic hydroxyl groups excluding tert-OH is 2. The topological polar surface area (TPSA) is 57.5 Å². The first-order valence-electron chi connectivity index (χ1n) is 4.37. The lowest BCUT2D eigenvalue weighted by Crippen LogP contribution is -2.15. The van der Waals surface area contributed by atoms with E-state index >= 15 is 0 Å². The molecule has 2 atom stereocenters. The molecular weight excluding hydrogens is 156 g/mol. The normalized spacial score (nSPS) is 15.7. The molecule has 0 aromatic heterocycles. The zero-order chi connectivity index (χ0) is 9.56. The molecule has 0 spiro atoms. The summed E-state index contributed by atoms with van der Waals surface area (Å²) in [6.45, 7) is 3.28. The van der Waals surface area contributed by atoms with Gasteiger partial charge < -0.3 is 10.2 Å². The zero-order valence-corrected chi connectivity index (χ0v) is 7.79. The summed E-state index contributed by atoms with van der Waals surface area (Å²) in [6.07, 6.45) is 1.46. The molecule has 0 radical (unpaired) electrons. The van der Waals surface area contributed by atoms with Gasteiger partial charge in [-0.1, -0.05) is 0 Å². The van der Waals surface area contributed by atoms with E-state index in [9.17, 15) is 4.79 Å². The van der Waals surface area contributed by atoms with Crippen LogP contribution in [0.4, 0.5) is 0 Å². The van der Waals surface area contributed by atoms with E-state index in [0.29, 0.717) is 19.3 Å². The lowest BCUT2D eigenvalue weighted by atomic mass is 9.95. The lowest BCUT2D eigenvalue weighted by Gasteiger charge is -2.12. The molecule has 2 unspecified atom stereocenters. The summed E-state index contributed by atoms with van der Waals surface area (Å²) in [6, 6.07) is 0. The van der Waals surface area contributed by atoms with Crippen LogP contribution in [0.1, 0.15) is 33.1 Å². The Kier molecular flexibility index (Phi) is 5.93. The maximum Gasteiger partial charge on any atom is 0.132 e. The molecule has 0 bridgehead atoms. The van der Waals surface area contributed by atoms with E-state index in [4.69, 9.17) is 10.2 Å². The zero-order valence-electron chi connectivity index (χ0n) is 7.79. The quantitative estimate of drug-likeness (QED) is 0.624. The number of rotatable bonds is 6. The summed E-state index contributed by atoms with van der Waals surface area (Å²) in [4.78, 5) is 11.0. The van der Waals surface area contributed by atoms with E-state index < -0.39 is 0 Å². The van der Waals surface area contributed by atoms with Crippen molar-refractivity contribution in [3.05, 3.63) is 0 Å². The van der Waals surface area contributed by atoms with Crippen LogP contribution in [-0.4, -0.2) is 28.7 Å². The molecule has 72 valence electrons. The Labute approximate surface area is 73.4 Å². The summed E-state index contributed by atoms with van der Waals surface area (Å²) in [5.41, 5.74) is 0. The molecule has 0 aromatic rings. The summed E-state index contributed by atoms with van der Waals surface area (Å²) in [7, 11) is 0. The molecule has 0 aliphatic rings. The van der Waals surface area contributed by atoms with Crippen molar-refractivity contribution in [2.75, 3.05) is 6.61 Å². The number of carbonyl (C=O) groups is 1. The van der Waals surface area contributed by atoms with Gasteiger partial charge in [0.05, 0.1) is 6.10 Å². The van der Waals surface area contributed by atoms with Crippen molar-refractivity contribution in [1.82, 2.24) is 0 Å². The third-order valence-electron chi connectivity index (χ3n) is 1.99. The number of ketones is 1. The molecule has 0 saturated heterocycles. The van der Waals surface area contributed by atoms with E-state index in [1.54, 1.807) is 6.92 Å². The molecule has 0 aliphatic carbocycles. The Morgan fingerprint density at radius 1 is 1.33 bits per heavy atom. The molecule has 0 heterocycles. The van der Waals surface area contributed by atoms with Crippen LogP contribution < -0.4 is 0 Å². The first-order chi connectivity index (χ1) is 5.57. The molecule has 0 rings (SSSR count). The van der Waals surface area contributed by atoms with Gasteiger partial charge in [-0.15, -0.1) is 0 Å². The van der Waals surface area contributed by atoms with Crippen molar-refractivity contribution in [2.24, 2.45) is 5.92 Å². The van der Waals surface area contributed by atoms with Gasteiger partial charge in [0.25, 0.3) is 0 Å². The van der Waals surface area contributed by atoms with Crippen LogP contribution in [0, 0.1) is 5.92 Å². The van der Waals surface area contributed by atoms with Crippen molar-refractivity contribution >= 4 is 5.78 Å². The monoisotopic (exact) mass is 174 g/mol. The molecule has 0 saturated carbocycles. The Balaban J connectivity index is 3.71.